The second kappa shape index (κ2) is 4.90. The minimum atomic E-state index is 0.742. The van der Waals surface area contributed by atoms with E-state index in [2.05, 4.69) is 0 Å². The first-order valence-corrected chi connectivity index (χ1v) is 6.43. The van der Waals surface area contributed by atoms with Gasteiger partial charge >= 0.3 is 5.89 Å². The highest BCUT2D eigenvalue weighted by Crippen LogP contribution is 2.15. The van der Waals surface area contributed by atoms with Crippen molar-refractivity contribution in [3.05, 3.63) is 65.0 Å². The standard InChI is InChI=1S/C16H13ClNO/c1-18-14-4-2-3-5-15(14)19-16(18)11-8-12-6-9-13(17)10-7-12/h2-11H,1H3/q+1/b11-8-. The molecule has 94 valence electrons. The Morgan fingerprint density at radius 2 is 1.74 bits per heavy atom. The summed E-state index contributed by atoms with van der Waals surface area (Å²) in [6.45, 7) is 0. The molecular formula is C16H13ClNO+. The summed E-state index contributed by atoms with van der Waals surface area (Å²) in [7, 11) is 1.99. The van der Waals surface area contributed by atoms with Crippen molar-refractivity contribution in [2.75, 3.05) is 0 Å². The molecule has 0 saturated heterocycles. The predicted octanol–water partition coefficient (Wildman–Crippen LogP) is 4.08. The molecule has 0 radical (unpaired) electrons. The number of nitrogens with zero attached hydrogens (tertiary/aromatic N) is 1. The zero-order valence-corrected chi connectivity index (χ0v) is 11.3. The number of rotatable bonds is 2. The zero-order chi connectivity index (χ0) is 13.2. The molecule has 19 heavy (non-hydrogen) atoms. The monoisotopic (exact) mass is 270 g/mol. The van der Waals surface area contributed by atoms with Crippen LogP contribution in [-0.2, 0) is 7.05 Å². The van der Waals surface area contributed by atoms with Crippen LogP contribution in [0.2, 0.25) is 5.02 Å². The summed E-state index contributed by atoms with van der Waals surface area (Å²) in [4.78, 5) is 0. The lowest BCUT2D eigenvalue weighted by molar-refractivity contribution is -0.651. The molecule has 0 spiro atoms. The smallest absolute Gasteiger partial charge is 0.373 e. The van der Waals surface area contributed by atoms with Crippen LogP contribution in [0.15, 0.2) is 52.9 Å². The molecule has 0 amide bonds. The number of para-hydroxylation sites is 2. The molecule has 0 N–H and O–H groups in total. The molecule has 0 unspecified atom stereocenters. The quantitative estimate of drug-likeness (QED) is 0.641. The third kappa shape index (κ3) is 2.40. The van der Waals surface area contributed by atoms with Gasteiger partial charge in [-0.2, -0.15) is 4.57 Å². The van der Waals surface area contributed by atoms with Gasteiger partial charge in [0.25, 0.3) is 5.52 Å². The maximum atomic E-state index is 5.86. The Hall–Kier alpha value is -2.06. The van der Waals surface area contributed by atoms with Crippen LogP contribution in [-0.4, -0.2) is 0 Å². The number of hydrogen-bond donors (Lipinski definition) is 0. The van der Waals surface area contributed by atoms with Crippen LogP contribution in [0.1, 0.15) is 11.5 Å². The number of oxazole rings is 1. The number of benzene rings is 2. The minimum absolute atomic E-state index is 0.742. The summed E-state index contributed by atoms with van der Waals surface area (Å²) >= 11 is 5.86. The Kier molecular flexibility index (Phi) is 3.10. The van der Waals surface area contributed by atoms with Crippen molar-refractivity contribution in [1.82, 2.24) is 0 Å². The normalized spacial score (nSPS) is 11.5. The third-order valence-corrected chi connectivity index (χ3v) is 3.31. The highest BCUT2D eigenvalue weighted by atomic mass is 35.5. The van der Waals surface area contributed by atoms with Gasteiger partial charge in [0.2, 0.25) is 5.58 Å². The molecule has 0 aliphatic carbocycles. The molecule has 3 heteroatoms. The van der Waals surface area contributed by atoms with E-state index in [1.807, 2.05) is 72.3 Å². The highest BCUT2D eigenvalue weighted by Gasteiger charge is 2.15. The predicted molar refractivity (Wildman–Crippen MR) is 77.8 cm³/mol. The van der Waals surface area contributed by atoms with Crippen LogP contribution < -0.4 is 4.57 Å². The lowest BCUT2D eigenvalue weighted by Crippen LogP contribution is -2.29. The molecule has 0 fully saturated rings. The van der Waals surface area contributed by atoms with Crippen LogP contribution in [0, 0.1) is 0 Å². The third-order valence-electron chi connectivity index (χ3n) is 3.06. The van der Waals surface area contributed by atoms with Crippen LogP contribution in [0.5, 0.6) is 0 Å². The van der Waals surface area contributed by atoms with Gasteiger partial charge in [-0.25, -0.2) is 0 Å². The van der Waals surface area contributed by atoms with E-state index in [0.29, 0.717) is 0 Å². The summed E-state index contributed by atoms with van der Waals surface area (Å²) in [5.74, 6) is 0.816. The zero-order valence-electron chi connectivity index (χ0n) is 10.5. The van der Waals surface area contributed by atoms with E-state index in [0.717, 1.165) is 27.6 Å². The van der Waals surface area contributed by atoms with Gasteiger partial charge in [-0.1, -0.05) is 35.9 Å². The van der Waals surface area contributed by atoms with Gasteiger partial charge in [-0.15, -0.1) is 0 Å². The molecule has 0 bridgehead atoms. The molecular weight excluding hydrogens is 258 g/mol. The van der Waals surface area contributed by atoms with Gasteiger partial charge in [-0.3, -0.25) is 0 Å². The van der Waals surface area contributed by atoms with E-state index in [-0.39, 0.29) is 0 Å². The maximum absolute atomic E-state index is 5.86. The molecule has 3 aromatic rings. The Balaban J connectivity index is 1.97. The average Bonchev–Trinajstić information content (AvgIpc) is 2.76. The van der Waals surface area contributed by atoms with E-state index in [4.69, 9.17) is 16.0 Å². The van der Waals surface area contributed by atoms with Crippen molar-refractivity contribution in [2.24, 2.45) is 7.05 Å². The molecule has 1 aromatic heterocycles. The van der Waals surface area contributed by atoms with Gasteiger partial charge in [0, 0.05) is 11.1 Å². The van der Waals surface area contributed by atoms with Crippen molar-refractivity contribution < 1.29 is 8.98 Å². The van der Waals surface area contributed by atoms with Crippen molar-refractivity contribution in [1.29, 1.82) is 0 Å². The number of aryl methyl sites for hydroxylation is 1. The molecule has 1 heterocycles. The summed E-state index contributed by atoms with van der Waals surface area (Å²) in [6.07, 6.45) is 3.97. The molecule has 0 aliphatic rings. The Morgan fingerprint density at radius 3 is 2.47 bits per heavy atom. The molecule has 0 saturated carbocycles. The van der Waals surface area contributed by atoms with Gasteiger partial charge in [-0.05, 0) is 29.8 Å². The van der Waals surface area contributed by atoms with E-state index < -0.39 is 0 Å². The van der Waals surface area contributed by atoms with Gasteiger partial charge in [0.1, 0.15) is 7.05 Å². The minimum Gasteiger partial charge on any atom is -0.398 e. The fraction of sp³-hybridized carbons (Fsp3) is 0.0625. The van der Waals surface area contributed by atoms with Crippen LogP contribution >= 0.6 is 11.6 Å². The highest BCUT2D eigenvalue weighted by molar-refractivity contribution is 6.30. The van der Waals surface area contributed by atoms with E-state index in [1.165, 1.54) is 0 Å². The number of hydrogen-bond acceptors (Lipinski definition) is 1. The molecule has 0 atom stereocenters. The fourth-order valence-electron chi connectivity index (χ4n) is 2.01. The Morgan fingerprint density at radius 1 is 1.00 bits per heavy atom. The van der Waals surface area contributed by atoms with Crippen LogP contribution in [0.3, 0.4) is 0 Å². The van der Waals surface area contributed by atoms with Crippen molar-refractivity contribution >= 4 is 34.9 Å². The number of fused-ring (bicyclic) bond motifs is 1. The van der Waals surface area contributed by atoms with E-state index in [9.17, 15) is 0 Å². The fourth-order valence-corrected chi connectivity index (χ4v) is 2.13. The van der Waals surface area contributed by atoms with Crippen LogP contribution in [0.4, 0.5) is 0 Å². The molecule has 2 nitrogen and oxygen atoms in total. The largest absolute Gasteiger partial charge is 0.398 e. The van der Waals surface area contributed by atoms with Gasteiger partial charge in [0.15, 0.2) is 0 Å². The summed E-state index contributed by atoms with van der Waals surface area (Å²) in [5, 5.41) is 0.742. The van der Waals surface area contributed by atoms with Gasteiger partial charge < -0.3 is 4.42 Å². The number of aromatic nitrogens is 1. The lowest BCUT2D eigenvalue weighted by atomic mass is 10.2. The first-order chi connectivity index (χ1) is 9.24. The second-order valence-corrected chi connectivity index (χ2v) is 4.79. The van der Waals surface area contributed by atoms with E-state index in [1.54, 1.807) is 0 Å². The molecule has 0 aliphatic heterocycles. The van der Waals surface area contributed by atoms with Gasteiger partial charge in [0.05, 0.1) is 6.08 Å². The van der Waals surface area contributed by atoms with Crippen LogP contribution in [0.25, 0.3) is 23.3 Å². The van der Waals surface area contributed by atoms with Crippen molar-refractivity contribution in [3.8, 4) is 0 Å². The average molecular weight is 271 g/mol. The number of halogens is 1. The topological polar surface area (TPSA) is 17.0 Å². The maximum Gasteiger partial charge on any atom is 0.373 e. The first kappa shape index (κ1) is 12.0. The SMILES string of the molecule is C[n+]1c(/C=C\c2ccc(Cl)cc2)oc2ccccc21. The summed E-state index contributed by atoms with van der Waals surface area (Å²) in [5.41, 5.74) is 3.06. The Bertz CT molecular complexity index is 741. The van der Waals surface area contributed by atoms with Crippen molar-refractivity contribution in [3.63, 3.8) is 0 Å². The Labute approximate surface area is 116 Å². The van der Waals surface area contributed by atoms with Crippen molar-refractivity contribution in [2.45, 2.75) is 0 Å². The van der Waals surface area contributed by atoms with E-state index >= 15 is 0 Å². The summed E-state index contributed by atoms with van der Waals surface area (Å²) in [6, 6.07) is 15.7. The molecule has 3 rings (SSSR count). The molecule has 2 aromatic carbocycles. The summed E-state index contributed by atoms with van der Waals surface area (Å²) < 4.78 is 7.82. The first-order valence-electron chi connectivity index (χ1n) is 6.05. The lowest BCUT2D eigenvalue weighted by Gasteiger charge is -1.91. The second-order valence-electron chi connectivity index (χ2n) is 4.35.